The van der Waals surface area contributed by atoms with Crippen LogP contribution in [0.2, 0.25) is 0 Å². The maximum Gasteiger partial charge on any atom is 0.225 e. The fraction of sp³-hybridized carbons (Fsp3) is 0.886. The zero-order valence-electron chi connectivity index (χ0n) is 29.6. The standard InChI is InChI=1S/C35H60N8/c1-29(2,3)22-30(4,5)40-28-38-26-24-25(27(37-26)39-28)35(34(12,13)42(36)33(24,10)11)20-14-16-23(17-21-35)41-43-31(6,7)18-15-19-32(43,8)9/h24-25H,14-22H2,1-13H3,(H,37,38,39,40). The molecule has 1 aliphatic carbocycles. The lowest BCUT2D eigenvalue weighted by Crippen LogP contribution is -2.71. The molecule has 3 fully saturated rings. The Morgan fingerprint density at radius 3 is 2.07 bits per heavy atom. The van der Waals surface area contributed by atoms with Crippen LogP contribution in [-0.4, -0.2) is 58.4 Å². The number of rotatable bonds is 3. The maximum atomic E-state index is 12.0. The molecule has 2 bridgehead atoms. The van der Waals surface area contributed by atoms with Crippen LogP contribution in [0.1, 0.15) is 171 Å². The van der Waals surface area contributed by atoms with Gasteiger partial charge in [-0.1, -0.05) is 20.8 Å². The molecule has 5 rings (SSSR count). The number of nitrogens with zero attached hydrogens (tertiary/aromatic N) is 7. The van der Waals surface area contributed by atoms with E-state index in [1.54, 1.807) is 5.01 Å². The Morgan fingerprint density at radius 1 is 0.837 bits per heavy atom. The normalized spacial score (nSPS) is 33.1. The largest absolute Gasteiger partial charge is 0.312 e. The van der Waals surface area contributed by atoms with E-state index in [-0.39, 0.29) is 39.3 Å². The quantitative estimate of drug-likeness (QED) is 0.398. The summed E-state index contributed by atoms with van der Waals surface area (Å²) in [6, 6.07) is 0. The number of piperidine rings is 2. The molecule has 2 saturated heterocycles. The first-order chi connectivity index (χ1) is 19.5. The molecule has 240 valence electrons. The Balaban J connectivity index is 1.57. The lowest BCUT2D eigenvalue weighted by Gasteiger charge is -2.64. The SMILES string of the molecule is CC(C)(C)CC(C)(C)N=c1nc2nc([nH]1)C1C2C2(CCCC(=NN3C(C)(C)CCCC3(C)C)CC2)C(C)(C)N([N])C1(C)C. The van der Waals surface area contributed by atoms with Crippen molar-refractivity contribution in [3.05, 3.63) is 17.3 Å². The molecule has 0 aromatic carbocycles. The van der Waals surface area contributed by atoms with Gasteiger partial charge in [0.1, 0.15) is 11.6 Å². The van der Waals surface area contributed by atoms with Gasteiger partial charge in [0.25, 0.3) is 0 Å². The smallest absolute Gasteiger partial charge is 0.225 e. The summed E-state index contributed by atoms with van der Waals surface area (Å²) in [4.78, 5) is 19.0. The molecule has 1 spiro atoms. The topological polar surface area (TPSA) is 95.1 Å². The van der Waals surface area contributed by atoms with Gasteiger partial charge in [-0.15, -0.1) is 0 Å². The van der Waals surface area contributed by atoms with Gasteiger partial charge in [0.15, 0.2) is 0 Å². The van der Waals surface area contributed by atoms with E-state index in [9.17, 15) is 5.84 Å². The zero-order valence-corrected chi connectivity index (χ0v) is 29.6. The Labute approximate surface area is 261 Å². The van der Waals surface area contributed by atoms with Gasteiger partial charge in [0.2, 0.25) is 5.62 Å². The summed E-state index contributed by atoms with van der Waals surface area (Å²) in [5.41, 5.74) is 0.760. The van der Waals surface area contributed by atoms with E-state index >= 15 is 0 Å². The van der Waals surface area contributed by atoms with Crippen molar-refractivity contribution in [2.75, 3.05) is 0 Å². The monoisotopic (exact) mass is 592 g/mol. The van der Waals surface area contributed by atoms with Crippen LogP contribution in [-0.2, 0) is 0 Å². The third kappa shape index (κ3) is 5.51. The molecule has 8 heteroatoms. The van der Waals surface area contributed by atoms with E-state index in [1.807, 2.05) is 0 Å². The van der Waals surface area contributed by atoms with Crippen LogP contribution in [0, 0.1) is 10.8 Å². The second-order valence-electron chi connectivity index (χ2n) is 18.5. The predicted octanol–water partition coefficient (Wildman–Crippen LogP) is 7.31. The lowest BCUT2D eigenvalue weighted by atomic mass is 9.50. The highest BCUT2D eigenvalue weighted by Crippen LogP contribution is 2.66. The summed E-state index contributed by atoms with van der Waals surface area (Å²) in [6.07, 6.45) is 9.48. The molecular weight excluding hydrogens is 532 g/mol. The fourth-order valence-corrected chi connectivity index (χ4v) is 10.1. The number of hydrazone groups is 1. The zero-order chi connectivity index (χ0) is 32.0. The third-order valence-corrected chi connectivity index (χ3v) is 11.5. The highest BCUT2D eigenvalue weighted by atomic mass is 15.5. The van der Waals surface area contributed by atoms with Crippen molar-refractivity contribution in [3.63, 3.8) is 0 Å². The van der Waals surface area contributed by atoms with Crippen molar-refractivity contribution in [2.45, 2.75) is 187 Å². The Kier molecular flexibility index (Phi) is 7.66. The van der Waals surface area contributed by atoms with Crippen molar-refractivity contribution >= 4 is 5.71 Å². The maximum absolute atomic E-state index is 12.0. The lowest BCUT2D eigenvalue weighted by molar-refractivity contribution is -0.156. The van der Waals surface area contributed by atoms with Gasteiger partial charge in [-0.2, -0.15) is 15.1 Å². The molecule has 3 unspecified atom stereocenters. The van der Waals surface area contributed by atoms with E-state index in [0.717, 1.165) is 50.2 Å². The number of H-pyrrole nitrogens is 1. The number of aromatic nitrogens is 3. The molecule has 1 N–H and O–H groups in total. The third-order valence-electron chi connectivity index (χ3n) is 11.5. The molecular formula is C35H60N8. The molecule has 2 radical (unpaired) electrons. The van der Waals surface area contributed by atoms with Crippen molar-refractivity contribution < 1.29 is 0 Å². The highest BCUT2D eigenvalue weighted by Gasteiger charge is 2.68. The Morgan fingerprint density at radius 2 is 1.47 bits per heavy atom. The van der Waals surface area contributed by atoms with Gasteiger partial charge in [0, 0.05) is 34.0 Å². The van der Waals surface area contributed by atoms with Crippen LogP contribution in [0.5, 0.6) is 0 Å². The van der Waals surface area contributed by atoms with Crippen molar-refractivity contribution in [1.82, 2.24) is 30.8 Å². The van der Waals surface area contributed by atoms with E-state index in [1.165, 1.54) is 25.0 Å². The summed E-state index contributed by atoms with van der Waals surface area (Å²) in [5.74, 6) is 13.9. The predicted molar refractivity (Wildman–Crippen MR) is 175 cm³/mol. The van der Waals surface area contributed by atoms with E-state index in [2.05, 4.69) is 100 Å². The highest BCUT2D eigenvalue weighted by molar-refractivity contribution is 5.84. The summed E-state index contributed by atoms with van der Waals surface area (Å²) in [5, 5.41) is 9.55. The van der Waals surface area contributed by atoms with Crippen LogP contribution in [0.25, 0.3) is 0 Å². The Bertz CT molecular complexity index is 1310. The minimum Gasteiger partial charge on any atom is -0.312 e. The molecule has 4 aliphatic rings. The first-order valence-corrected chi connectivity index (χ1v) is 16.9. The molecule has 4 heterocycles. The number of fused-ring (bicyclic) bond motifs is 6. The molecule has 43 heavy (non-hydrogen) atoms. The molecule has 0 amide bonds. The van der Waals surface area contributed by atoms with Crippen molar-refractivity contribution in [1.29, 1.82) is 0 Å². The van der Waals surface area contributed by atoms with E-state index in [4.69, 9.17) is 20.1 Å². The minimum absolute atomic E-state index is 0.00107. The second kappa shape index (κ2) is 10.1. The van der Waals surface area contributed by atoms with Gasteiger partial charge in [0.05, 0.1) is 16.6 Å². The van der Waals surface area contributed by atoms with Gasteiger partial charge < -0.3 is 4.98 Å². The van der Waals surface area contributed by atoms with Gasteiger partial charge in [-0.3, -0.25) is 5.01 Å². The number of nitrogens with one attached hydrogen (secondary N) is 1. The fourth-order valence-electron chi connectivity index (χ4n) is 10.1. The first kappa shape index (κ1) is 32.6. The molecule has 3 aliphatic heterocycles. The van der Waals surface area contributed by atoms with Crippen molar-refractivity contribution in [3.8, 4) is 0 Å². The summed E-state index contributed by atoms with van der Waals surface area (Å²) < 4.78 is 0. The average molecular weight is 593 g/mol. The second-order valence-corrected chi connectivity index (χ2v) is 18.5. The van der Waals surface area contributed by atoms with Gasteiger partial charge in [-0.25, -0.2) is 9.98 Å². The van der Waals surface area contributed by atoms with Crippen LogP contribution < -0.4 is 11.5 Å². The van der Waals surface area contributed by atoms with Gasteiger partial charge >= 0.3 is 0 Å². The first-order valence-electron chi connectivity index (χ1n) is 16.9. The Hall–Kier alpha value is -1.80. The van der Waals surface area contributed by atoms with E-state index in [0.29, 0.717) is 5.62 Å². The van der Waals surface area contributed by atoms with Crippen molar-refractivity contribution in [2.24, 2.45) is 20.9 Å². The summed E-state index contributed by atoms with van der Waals surface area (Å²) >= 11 is 0. The number of hydrogen-bond acceptors (Lipinski definition) is 6. The molecule has 1 saturated carbocycles. The molecule has 1 aromatic rings. The van der Waals surface area contributed by atoms with E-state index < -0.39 is 11.1 Å². The summed E-state index contributed by atoms with van der Waals surface area (Å²) in [7, 11) is 0. The van der Waals surface area contributed by atoms with Crippen LogP contribution in [0.15, 0.2) is 10.1 Å². The van der Waals surface area contributed by atoms with Crippen LogP contribution >= 0.6 is 0 Å². The minimum atomic E-state index is -0.524. The van der Waals surface area contributed by atoms with Crippen LogP contribution in [0.4, 0.5) is 0 Å². The number of hydrogen-bond donors (Lipinski definition) is 1. The molecule has 8 nitrogen and oxygen atoms in total. The van der Waals surface area contributed by atoms with Gasteiger partial charge in [-0.05, 0) is 138 Å². The van der Waals surface area contributed by atoms with Crippen LogP contribution in [0.3, 0.4) is 0 Å². The summed E-state index contributed by atoms with van der Waals surface area (Å²) in [6.45, 7) is 29.4. The number of aromatic amines is 1. The average Bonchev–Trinajstić information content (AvgIpc) is 2.96. The molecule has 3 atom stereocenters. The molecule has 1 aromatic heterocycles.